The van der Waals surface area contributed by atoms with Crippen LogP contribution in [0.2, 0.25) is 0 Å². The van der Waals surface area contributed by atoms with Gasteiger partial charge in [-0.1, -0.05) is 26.0 Å². The highest BCUT2D eigenvalue weighted by Crippen LogP contribution is 2.38. The number of anilines is 1. The minimum Gasteiger partial charge on any atom is -0.457 e. The van der Waals surface area contributed by atoms with Crippen LogP contribution in [0, 0.1) is 15.5 Å². The minimum atomic E-state index is -0.567. The number of hydrogen-bond acceptors (Lipinski definition) is 6. The van der Waals surface area contributed by atoms with E-state index in [-0.39, 0.29) is 23.5 Å². The zero-order valence-corrected chi connectivity index (χ0v) is 20.7. The SMILES string of the molecule is CC1(C)CCC(N(Cc2ccc(Oc3ccc(N)c([N+](=O)[O-])c3)cc2)C(=O)OC(C)(C)C)CC1. The third-order valence-corrected chi connectivity index (χ3v) is 6.09. The van der Waals surface area contributed by atoms with Gasteiger partial charge in [0.05, 0.1) is 11.0 Å². The average Bonchev–Trinajstić information content (AvgIpc) is 2.73. The van der Waals surface area contributed by atoms with E-state index < -0.39 is 10.5 Å². The first-order valence-electron chi connectivity index (χ1n) is 11.6. The maximum absolute atomic E-state index is 13.1. The van der Waals surface area contributed by atoms with Crippen LogP contribution in [0.1, 0.15) is 65.9 Å². The van der Waals surface area contributed by atoms with Gasteiger partial charge in [0.1, 0.15) is 22.8 Å². The van der Waals surface area contributed by atoms with Gasteiger partial charge in [-0.2, -0.15) is 0 Å². The molecule has 3 rings (SSSR count). The molecule has 1 fully saturated rings. The van der Waals surface area contributed by atoms with E-state index in [0.717, 1.165) is 31.2 Å². The fraction of sp³-hybridized carbons (Fsp3) is 0.500. The predicted octanol–water partition coefficient (Wildman–Crippen LogP) is 6.68. The van der Waals surface area contributed by atoms with Gasteiger partial charge in [0, 0.05) is 12.6 Å². The number of carbonyl (C=O) groups excluding carboxylic acids is 1. The zero-order chi connectivity index (χ0) is 25.1. The number of nitrogens with zero attached hydrogens (tertiary/aromatic N) is 2. The lowest BCUT2D eigenvalue weighted by atomic mass is 9.75. The van der Waals surface area contributed by atoms with Crippen LogP contribution in [0.4, 0.5) is 16.2 Å². The van der Waals surface area contributed by atoms with Crippen LogP contribution in [0.25, 0.3) is 0 Å². The van der Waals surface area contributed by atoms with Gasteiger partial charge in [-0.15, -0.1) is 0 Å². The van der Waals surface area contributed by atoms with Gasteiger partial charge in [-0.3, -0.25) is 10.1 Å². The summed E-state index contributed by atoms with van der Waals surface area (Å²) >= 11 is 0. The molecule has 8 heteroatoms. The Balaban J connectivity index is 1.73. The number of benzene rings is 2. The molecule has 0 saturated heterocycles. The van der Waals surface area contributed by atoms with Crippen molar-refractivity contribution in [2.75, 3.05) is 5.73 Å². The van der Waals surface area contributed by atoms with Gasteiger partial charge >= 0.3 is 6.09 Å². The number of carbonyl (C=O) groups is 1. The summed E-state index contributed by atoms with van der Waals surface area (Å²) < 4.78 is 11.5. The summed E-state index contributed by atoms with van der Waals surface area (Å²) in [7, 11) is 0. The van der Waals surface area contributed by atoms with Gasteiger partial charge in [-0.05, 0) is 81.7 Å². The molecular formula is C26H35N3O5. The smallest absolute Gasteiger partial charge is 0.410 e. The van der Waals surface area contributed by atoms with Crippen LogP contribution in [0.15, 0.2) is 42.5 Å². The summed E-state index contributed by atoms with van der Waals surface area (Å²) in [5, 5.41) is 11.1. The monoisotopic (exact) mass is 469 g/mol. The van der Waals surface area contributed by atoms with E-state index in [1.54, 1.807) is 18.2 Å². The van der Waals surface area contributed by atoms with E-state index in [1.165, 1.54) is 12.1 Å². The summed E-state index contributed by atoms with van der Waals surface area (Å²) in [4.78, 5) is 25.5. The fourth-order valence-electron chi connectivity index (χ4n) is 4.10. The Morgan fingerprint density at radius 2 is 1.71 bits per heavy atom. The molecule has 0 spiro atoms. The molecule has 2 N–H and O–H groups in total. The number of nitro benzene ring substituents is 1. The Hall–Kier alpha value is -3.29. The van der Waals surface area contributed by atoms with Crippen LogP contribution in [0.3, 0.4) is 0 Å². The molecular weight excluding hydrogens is 434 g/mol. The minimum absolute atomic E-state index is 0.0843. The molecule has 1 aliphatic rings. The molecule has 0 aliphatic heterocycles. The maximum Gasteiger partial charge on any atom is 0.410 e. The van der Waals surface area contributed by atoms with E-state index in [2.05, 4.69) is 13.8 Å². The molecule has 2 aromatic carbocycles. The Bertz CT molecular complexity index is 1020. The summed E-state index contributed by atoms with van der Waals surface area (Å²) in [5.74, 6) is 0.861. The van der Waals surface area contributed by atoms with Gasteiger partial charge in [0.25, 0.3) is 5.69 Å². The van der Waals surface area contributed by atoms with Crippen molar-refractivity contribution in [2.45, 2.75) is 78.5 Å². The van der Waals surface area contributed by atoms with Crippen molar-refractivity contribution in [3.05, 3.63) is 58.1 Å². The van der Waals surface area contributed by atoms with Crippen molar-refractivity contribution < 1.29 is 19.2 Å². The molecule has 2 aromatic rings. The molecule has 1 saturated carbocycles. The number of hydrogen-bond donors (Lipinski definition) is 1. The molecule has 1 aliphatic carbocycles. The highest BCUT2D eigenvalue weighted by Gasteiger charge is 2.34. The topological polar surface area (TPSA) is 108 Å². The summed E-state index contributed by atoms with van der Waals surface area (Å²) in [6.45, 7) is 10.6. The van der Waals surface area contributed by atoms with E-state index >= 15 is 0 Å². The van der Waals surface area contributed by atoms with Gasteiger partial charge in [0.15, 0.2) is 0 Å². The van der Waals surface area contributed by atoms with E-state index in [9.17, 15) is 14.9 Å². The number of nitrogen functional groups attached to an aromatic ring is 1. The van der Waals surface area contributed by atoms with Crippen LogP contribution in [-0.2, 0) is 11.3 Å². The molecule has 0 atom stereocenters. The molecule has 0 bridgehead atoms. The summed E-state index contributed by atoms with van der Waals surface area (Å²) in [6.07, 6.45) is 3.73. The third kappa shape index (κ3) is 6.85. The molecule has 34 heavy (non-hydrogen) atoms. The quantitative estimate of drug-likeness (QED) is 0.287. The summed E-state index contributed by atoms with van der Waals surface area (Å²) in [5.41, 5.74) is 6.22. The maximum atomic E-state index is 13.1. The van der Waals surface area contributed by atoms with E-state index in [4.69, 9.17) is 15.2 Å². The van der Waals surface area contributed by atoms with Crippen LogP contribution in [-0.4, -0.2) is 27.6 Å². The second-order valence-corrected chi connectivity index (χ2v) is 10.7. The van der Waals surface area contributed by atoms with Gasteiger partial charge in [0.2, 0.25) is 0 Å². The Kier molecular flexibility index (Phi) is 7.38. The Morgan fingerprint density at radius 1 is 1.12 bits per heavy atom. The van der Waals surface area contributed by atoms with Crippen molar-refractivity contribution in [3.63, 3.8) is 0 Å². The van der Waals surface area contributed by atoms with E-state index in [1.807, 2.05) is 37.8 Å². The van der Waals surface area contributed by atoms with Gasteiger partial charge < -0.3 is 20.1 Å². The van der Waals surface area contributed by atoms with Crippen molar-refractivity contribution >= 4 is 17.5 Å². The molecule has 0 aromatic heterocycles. The highest BCUT2D eigenvalue weighted by atomic mass is 16.6. The van der Waals surface area contributed by atoms with Gasteiger partial charge in [-0.25, -0.2) is 4.79 Å². The fourth-order valence-corrected chi connectivity index (χ4v) is 4.10. The number of rotatable bonds is 6. The zero-order valence-electron chi connectivity index (χ0n) is 20.7. The lowest BCUT2D eigenvalue weighted by Crippen LogP contribution is -2.45. The number of nitrogens with two attached hydrogens (primary N) is 1. The normalized spacial score (nSPS) is 16.0. The highest BCUT2D eigenvalue weighted by molar-refractivity contribution is 5.68. The molecule has 0 heterocycles. The molecule has 184 valence electrons. The van der Waals surface area contributed by atoms with Crippen molar-refractivity contribution in [1.29, 1.82) is 0 Å². The van der Waals surface area contributed by atoms with Crippen LogP contribution < -0.4 is 10.5 Å². The predicted molar refractivity (Wildman–Crippen MR) is 132 cm³/mol. The third-order valence-electron chi connectivity index (χ3n) is 6.09. The lowest BCUT2D eigenvalue weighted by Gasteiger charge is -2.40. The van der Waals surface area contributed by atoms with Crippen molar-refractivity contribution in [3.8, 4) is 11.5 Å². The average molecular weight is 470 g/mol. The standard InChI is InChI=1S/C26H35N3O5/c1-25(2,3)34-24(30)28(19-12-14-26(4,5)15-13-19)17-18-6-8-20(9-7-18)33-21-10-11-22(27)23(16-21)29(31)32/h6-11,16,19H,12-15,17,27H2,1-5H3. The van der Waals surface area contributed by atoms with E-state index in [0.29, 0.717) is 23.5 Å². The first-order chi connectivity index (χ1) is 15.8. The molecule has 0 unspecified atom stereocenters. The molecule has 1 amide bonds. The number of ether oxygens (including phenoxy) is 2. The number of amides is 1. The lowest BCUT2D eigenvalue weighted by molar-refractivity contribution is -0.384. The summed E-state index contributed by atoms with van der Waals surface area (Å²) in [6, 6.07) is 11.8. The van der Waals surface area contributed by atoms with Crippen LogP contribution in [0.5, 0.6) is 11.5 Å². The first-order valence-corrected chi connectivity index (χ1v) is 11.6. The van der Waals surface area contributed by atoms with Crippen molar-refractivity contribution in [2.24, 2.45) is 5.41 Å². The second kappa shape index (κ2) is 9.91. The molecule has 0 radical (unpaired) electrons. The number of nitro groups is 1. The first kappa shape index (κ1) is 25.3. The van der Waals surface area contributed by atoms with Crippen molar-refractivity contribution in [1.82, 2.24) is 4.90 Å². The Labute approximate surface area is 201 Å². The van der Waals surface area contributed by atoms with Crippen LogP contribution >= 0.6 is 0 Å². The Morgan fingerprint density at radius 3 is 2.26 bits per heavy atom. The largest absolute Gasteiger partial charge is 0.457 e. The molecule has 8 nitrogen and oxygen atoms in total. The second-order valence-electron chi connectivity index (χ2n) is 10.7.